The molecule has 3 atom stereocenters. The van der Waals surface area contributed by atoms with Crippen molar-refractivity contribution in [1.82, 2.24) is 10.2 Å². The maximum Gasteiger partial charge on any atom is 0.407 e. The first-order chi connectivity index (χ1) is 15.7. The third-order valence-electron chi connectivity index (χ3n) is 6.45. The molecular weight excluding hydrogens is 420 g/mol. The van der Waals surface area contributed by atoms with Crippen LogP contribution < -0.4 is 5.32 Å². The molecule has 2 aromatic rings. The van der Waals surface area contributed by atoms with Gasteiger partial charge in [-0.25, -0.2) is 4.79 Å². The summed E-state index contributed by atoms with van der Waals surface area (Å²) >= 11 is 0. The van der Waals surface area contributed by atoms with Crippen LogP contribution in [0.1, 0.15) is 51.2 Å². The molecular formula is C26H32N2O5. The largest absolute Gasteiger partial charge is 0.481 e. The maximum absolute atomic E-state index is 12.9. The molecule has 1 aliphatic carbocycles. The van der Waals surface area contributed by atoms with E-state index in [1.165, 1.54) is 4.90 Å². The average molecular weight is 453 g/mol. The number of carbonyl (C=O) groups is 3. The van der Waals surface area contributed by atoms with Crippen LogP contribution in [-0.2, 0) is 14.3 Å². The molecule has 0 saturated heterocycles. The summed E-state index contributed by atoms with van der Waals surface area (Å²) in [7, 11) is 0. The molecule has 3 rings (SSSR count). The van der Waals surface area contributed by atoms with E-state index in [0.29, 0.717) is 6.54 Å². The van der Waals surface area contributed by atoms with Crippen LogP contribution in [0.25, 0.3) is 11.1 Å². The van der Waals surface area contributed by atoms with Gasteiger partial charge in [0.15, 0.2) is 0 Å². The Labute approximate surface area is 194 Å². The molecule has 2 N–H and O–H groups in total. The van der Waals surface area contributed by atoms with Crippen LogP contribution in [0.15, 0.2) is 48.5 Å². The first-order valence-electron chi connectivity index (χ1n) is 11.4. The predicted molar refractivity (Wildman–Crippen MR) is 126 cm³/mol. The van der Waals surface area contributed by atoms with E-state index in [2.05, 4.69) is 29.6 Å². The van der Waals surface area contributed by atoms with E-state index < -0.39 is 30.1 Å². The van der Waals surface area contributed by atoms with E-state index in [9.17, 15) is 14.4 Å². The first-order valence-corrected chi connectivity index (χ1v) is 11.4. The molecule has 176 valence electrons. The van der Waals surface area contributed by atoms with Crippen molar-refractivity contribution in [3.63, 3.8) is 0 Å². The molecule has 2 aromatic carbocycles. The fourth-order valence-corrected chi connectivity index (χ4v) is 4.47. The Morgan fingerprint density at radius 2 is 1.55 bits per heavy atom. The van der Waals surface area contributed by atoms with Gasteiger partial charge in [0.2, 0.25) is 5.91 Å². The van der Waals surface area contributed by atoms with Gasteiger partial charge in [0, 0.05) is 24.5 Å². The van der Waals surface area contributed by atoms with Crippen molar-refractivity contribution < 1.29 is 24.2 Å². The van der Waals surface area contributed by atoms with Crippen LogP contribution in [0.2, 0.25) is 0 Å². The summed E-state index contributed by atoms with van der Waals surface area (Å²) in [6.45, 7) is 7.60. The molecule has 7 nitrogen and oxygen atoms in total. The first kappa shape index (κ1) is 24.3. The third-order valence-corrected chi connectivity index (χ3v) is 6.45. The molecule has 7 heteroatoms. The standard InChI is InChI=1S/C26H32N2O5/c1-5-28(16(2)14-24(29)30)25(31)17(3)18(4)27-26(32)33-15-23-21-12-8-6-10-19(21)20-11-7-9-13-22(20)23/h6-13,16-18,23H,5,14-15H2,1-4H3,(H,27,32)(H,29,30). The van der Waals surface area contributed by atoms with Crippen molar-refractivity contribution in [2.45, 2.75) is 52.1 Å². The number of carbonyl (C=O) groups excluding carboxylic acids is 2. The third kappa shape index (κ3) is 5.35. The van der Waals surface area contributed by atoms with E-state index in [0.717, 1.165) is 22.3 Å². The Kier molecular flexibility index (Phi) is 7.74. The van der Waals surface area contributed by atoms with Crippen molar-refractivity contribution >= 4 is 18.0 Å². The number of ether oxygens (including phenoxy) is 1. The van der Waals surface area contributed by atoms with E-state index >= 15 is 0 Å². The van der Waals surface area contributed by atoms with Crippen LogP contribution in [0.5, 0.6) is 0 Å². The normalized spacial score (nSPS) is 15.0. The summed E-state index contributed by atoms with van der Waals surface area (Å²) in [6.07, 6.45) is -0.703. The number of amides is 2. The van der Waals surface area contributed by atoms with Crippen LogP contribution in [-0.4, -0.2) is 53.2 Å². The second kappa shape index (κ2) is 10.5. The quantitative estimate of drug-likeness (QED) is 0.593. The van der Waals surface area contributed by atoms with Crippen molar-refractivity contribution in [3.05, 3.63) is 59.7 Å². The van der Waals surface area contributed by atoms with Gasteiger partial charge in [0.05, 0.1) is 12.3 Å². The number of carboxylic acids is 1. The molecule has 2 amide bonds. The lowest BCUT2D eigenvalue weighted by Crippen LogP contribution is -2.48. The molecule has 3 unspecified atom stereocenters. The number of nitrogens with zero attached hydrogens (tertiary/aromatic N) is 1. The highest BCUT2D eigenvalue weighted by Gasteiger charge is 2.31. The second-order valence-electron chi connectivity index (χ2n) is 8.62. The summed E-state index contributed by atoms with van der Waals surface area (Å²) in [4.78, 5) is 38.0. The molecule has 0 radical (unpaired) electrons. The number of hydrogen-bond donors (Lipinski definition) is 2. The van der Waals surface area contributed by atoms with Gasteiger partial charge in [-0.2, -0.15) is 0 Å². The van der Waals surface area contributed by atoms with E-state index in [1.54, 1.807) is 20.8 Å². The second-order valence-corrected chi connectivity index (χ2v) is 8.62. The molecule has 0 bridgehead atoms. The highest BCUT2D eigenvalue weighted by Crippen LogP contribution is 2.44. The predicted octanol–water partition coefficient (Wildman–Crippen LogP) is 4.26. The Balaban J connectivity index is 1.60. The van der Waals surface area contributed by atoms with Crippen molar-refractivity contribution in [2.24, 2.45) is 5.92 Å². The highest BCUT2D eigenvalue weighted by atomic mass is 16.5. The summed E-state index contributed by atoms with van der Waals surface area (Å²) in [5, 5.41) is 11.8. The fraction of sp³-hybridized carbons (Fsp3) is 0.423. The summed E-state index contributed by atoms with van der Waals surface area (Å²) in [5.41, 5.74) is 4.58. The monoisotopic (exact) mass is 452 g/mol. The number of benzene rings is 2. The zero-order valence-corrected chi connectivity index (χ0v) is 19.6. The summed E-state index contributed by atoms with van der Waals surface area (Å²) in [6, 6.07) is 15.3. The van der Waals surface area contributed by atoms with E-state index in [-0.39, 0.29) is 24.9 Å². The minimum absolute atomic E-state index is 0.0371. The van der Waals surface area contributed by atoms with Gasteiger partial charge in [0.25, 0.3) is 0 Å². The fourth-order valence-electron chi connectivity index (χ4n) is 4.47. The molecule has 0 aromatic heterocycles. The number of rotatable bonds is 9. The van der Waals surface area contributed by atoms with Gasteiger partial charge >= 0.3 is 12.1 Å². The van der Waals surface area contributed by atoms with Crippen LogP contribution >= 0.6 is 0 Å². The van der Waals surface area contributed by atoms with Crippen molar-refractivity contribution in [3.8, 4) is 11.1 Å². The SMILES string of the molecule is CCN(C(=O)C(C)C(C)NC(=O)OCC1c2ccccc2-c2ccccc21)C(C)CC(=O)O. The topological polar surface area (TPSA) is 95.9 Å². The molecule has 1 aliphatic rings. The lowest BCUT2D eigenvalue weighted by molar-refractivity contribution is -0.142. The van der Waals surface area contributed by atoms with E-state index in [1.807, 2.05) is 31.2 Å². The Bertz CT molecular complexity index is 976. The van der Waals surface area contributed by atoms with Crippen LogP contribution in [0.3, 0.4) is 0 Å². The minimum Gasteiger partial charge on any atom is -0.481 e. The molecule has 33 heavy (non-hydrogen) atoms. The van der Waals surface area contributed by atoms with Crippen LogP contribution in [0.4, 0.5) is 4.79 Å². The summed E-state index contributed by atoms with van der Waals surface area (Å²) < 4.78 is 5.57. The molecule has 0 aliphatic heterocycles. The number of fused-ring (bicyclic) bond motifs is 3. The zero-order valence-electron chi connectivity index (χ0n) is 19.6. The number of nitrogens with one attached hydrogen (secondary N) is 1. The Morgan fingerprint density at radius 1 is 1.00 bits per heavy atom. The number of hydrogen-bond acceptors (Lipinski definition) is 4. The summed E-state index contributed by atoms with van der Waals surface area (Å²) in [5.74, 6) is -1.71. The zero-order chi connectivity index (χ0) is 24.1. The number of alkyl carbamates (subject to hydrolysis) is 1. The van der Waals surface area contributed by atoms with Crippen molar-refractivity contribution in [2.75, 3.05) is 13.2 Å². The lowest BCUT2D eigenvalue weighted by atomic mass is 9.98. The Morgan fingerprint density at radius 3 is 2.06 bits per heavy atom. The average Bonchev–Trinajstić information content (AvgIpc) is 3.10. The van der Waals surface area contributed by atoms with Gasteiger partial charge in [0.1, 0.15) is 6.61 Å². The van der Waals surface area contributed by atoms with Gasteiger partial charge in [-0.15, -0.1) is 0 Å². The smallest absolute Gasteiger partial charge is 0.407 e. The molecule has 0 fully saturated rings. The minimum atomic E-state index is -0.953. The highest BCUT2D eigenvalue weighted by molar-refractivity contribution is 5.81. The van der Waals surface area contributed by atoms with E-state index in [4.69, 9.17) is 9.84 Å². The Hall–Kier alpha value is -3.35. The van der Waals surface area contributed by atoms with Gasteiger partial charge in [-0.1, -0.05) is 55.5 Å². The van der Waals surface area contributed by atoms with Gasteiger partial charge in [-0.3, -0.25) is 9.59 Å². The molecule has 0 heterocycles. The molecule has 0 spiro atoms. The number of aliphatic carboxylic acids is 1. The lowest BCUT2D eigenvalue weighted by Gasteiger charge is -2.32. The van der Waals surface area contributed by atoms with Gasteiger partial charge < -0.3 is 20.1 Å². The van der Waals surface area contributed by atoms with Gasteiger partial charge in [-0.05, 0) is 43.0 Å². The maximum atomic E-state index is 12.9. The number of carboxylic acid groups (broad SMARTS) is 1. The molecule has 0 saturated carbocycles. The van der Waals surface area contributed by atoms with Crippen LogP contribution in [0, 0.1) is 5.92 Å². The van der Waals surface area contributed by atoms with Crippen molar-refractivity contribution in [1.29, 1.82) is 0 Å².